The van der Waals surface area contributed by atoms with Crippen LogP contribution in [0.3, 0.4) is 0 Å². The van der Waals surface area contributed by atoms with E-state index in [0.29, 0.717) is 24.9 Å². The minimum absolute atomic E-state index is 0.0391. The number of nitrogens with one attached hydrogen (secondary N) is 1. The van der Waals surface area contributed by atoms with Gasteiger partial charge in [0.15, 0.2) is 13.6 Å². The van der Waals surface area contributed by atoms with Crippen LogP contribution < -0.4 is 10.1 Å². The maximum atomic E-state index is 14.2. The number of hydrogen-bond acceptors (Lipinski definition) is 6. The van der Waals surface area contributed by atoms with E-state index in [1.807, 2.05) is 22.6 Å². The van der Waals surface area contributed by atoms with Crippen molar-refractivity contribution < 1.29 is 27.4 Å². The van der Waals surface area contributed by atoms with Crippen LogP contribution in [-0.4, -0.2) is 30.7 Å². The zero-order valence-electron chi connectivity index (χ0n) is 16.3. The van der Waals surface area contributed by atoms with Crippen molar-refractivity contribution in [1.82, 2.24) is 4.98 Å². The van der Waals surface area contributed by atoms with Gasteiger partial charge < -0.3 is 15.2 Å². The number of halogens is 2. The van der Waals surface area contributed by atoms with E-state index in [4.69, 9.17) is 4.74 Å². The van der Waals surface area contributed by atoms with E-state index in [1.54, 1.807) is 13.0 Å². The van der Waals surface area contributed by atoms with Crippen LogP contribution in [0.15, 0.2) is 50.6 Å². The number of anilines is 1. The molecule has 7 nitrogen and oxygen atoms in total. The van der Waals surface area contributed by atoms with Crippen LogP contribution in [0.4, 0.5) is 10.1 Å². The summed E-state index contributed by atoms with van der Waals surface area (Å²) in [5, 5.41) is 12.7. The zero-order valence-corrected chi connectivity index (χ0v) is 19.3. The van der Waals surface area contributed by atoms with Crippen LogP contribution in [0.2, 0.25) is 0 Å². The second kappa shape index (κ2) is 8.60. The van der Waals surface area contributed by atoms with E-state index < -0.39 is 27.3 Å². The average Bonchev–Trinajstić information content (AvgIpc) is 3.40. The summed E-state index contributed by atoms with van der Waals surface area (Å²) >= 11 is 1.82. The molecule has 1 saturated carbocycles. The van der Waals surface area contributed by atoms with Crippen LogP contribution in [0.1, 0.15) is 31.7 Å². The molecular formula is C20H20FIN2O5S. The molecule has 3 rings (SSSR count). The average molecular weight is 546 g/mol. The third-order valence-electron chi connectivity index (χ3n) is 4.63. The van der Waals surface area contributed by atoms with E-state index in [9.17, 15) is 22.7 Å². The number of hydrogen-bond donors (Lipinski definition) is 2. The highest BCUT2D eigenvalue weighted by Crippen LogP contribution is 2.46. The summed E-state index contributed by atoms with van der Waals surface area (Å²) in [6.45, 7) is 1.75. The topological polar surface area (TPSA) is 106 Å². The van der Waals surface area contributed by atoms with Crippen molar-refractivity contribution in [1.29, 1.82) is 0 Å². The lowest BCUT2D eigenvalue weighted by atomic mass is 10.1. The molecule has 0 radical (unpaired) electrons. The number of carbonyl (C=O) groups excluding carboxylic acids is 1. The Bertz CT molecular complexity index is 1130. The van der Waals surface area contributed by atoms with Gasteiger partial charge in [0, 0.05) is 46.2 Å². The van der Waals surface area contributed by atoms with Gasteiger partial charge >= 0.3 is 0 Å². The van der Waals surface area contributed by atoms with Gasteiger partial charge in [-0.1, -0.05) is 13.0 Å². The summed E-state index contributed by atoms with van der Waals surface area (Å²) in [6, 6.07) is 8.78. The lowest BCUT2D eigenvalue weighted by molar-refractivity contribution is -0.113. The first-order valence-corrected chi connectivity index (χ1v) is 12.1. The lowest BCUT2D eigenvalue weighted by Crippen LogP contribution is -2.17. The third kappa shape index (κ3) is 5.16. The highest BCUT2D eigenvalue weighted by molar-refractivity contribution is 14.1. The minimum Gasteiger partial charge on any atom is -0.432 e. The first-order chi connectivity index (χ1) is 14.0. The van der Waals surface area contributed by atoms with Gasteiger partial charge in [0.25, 0.3) is 5.91 Å². The maximum absolute atomic E-state index is 14.2. The van der Waals surface area contributed by atoms with Gasteiger partial charge in [-0.05, 0) is 43.5 Å². The van der Waals surface area contributed by atoms with E-state index in [1.165, 1.54) is 30.3 Å². The molecule has 1 heterocycles. The molecule has 1 aromatic heterocycles. The lowest BCUT2D eigenvalue weighted by Gasteiger charge is -2.13. The Hall–Kier alpha value is -2.05. The van der Waals surface area contributed by atoms with E-state index in [-0.39, 0.29) is 25.7 Å². The van der Waals surface area contributed by atoms with Crippen molar-refractivity contribution in [3.8, 4) is 5.88 Å². The number of ether oxygens (including phenoxy) is 1. The smallest absolute Gasteiger partial charge is 0.255 e. The molecule has 1 aromatic carbocycles. The number of rotatable bonds is 7. The standard InChI is InChI=1S/C20H20FIN2O5S/c1-3-14(19(25)23-12-5-4-6-13(11-12)30(2,27)28)18(22)29-16-8-7-15(17(21)24-16)20(26)9-10-20/h4-8,11,26H,3,9-10H2,1-2H3,(H,23,25)/b18-14-. The number of nitrogens with zero attached hydrogens (tertiary/aromatic N) is 1. The molecule has 0 spiro atoms. The van der Waals surface area contributed by atoms with Crippen molar-refractivity contribution in [2.75, 3.05) is 11.6 Å². The fourth-order valence-electron chi connectivity index (χ4n) is 2.76. The van der Waals surface area contributed by atoms with Crippen molar-refractivity contribution in [3.63, 3.8) is 0 Å². The summed E-state index contributed by atoms with van der Waals surface area (Å²) in [4.78, 5) is 16.5. The summed E-state index contributed by atoms with van der Waals surface area (Å²) < 4.78 is 43.3. The Labute approximate surface area is 187 Å². The third-order valence-corrected chi connectivity index (χ3v) is 6.61. The maximum Gasteiger partial charge on any atom is 0.255 e. The van der Waals surface area contributed by atoms with Crippen LogP contribution in [0.5, 0.6) is 5.88 Å². The van der Waals surface area contributed by atoms with Crippen LogP contribution >= 0.6 is 22.6 Å². The summed E-state index contributed by atoms with van der Waals surface area (Å²) in [6.07, 6.45) is 2.38. The number of sulfone groups is 1. The molecule has 10 heteroatoms. The number of amides is 1. The Kier molecular flexibility index (Phi) is 6.48. The molecule has 0 saturated heterocycles. The number of carbonyl (C=O) groups is 1. The molecule has 1 aliphatic carbocycles. The molecule has 0 atom stereocenters. The van der Waals surface area contributed by atoms with Crippen molar-refractivity contribution in [2.24, 2.45) is 0 Å². The van der Waals surface area contributed by atoms with E-state index in [2.05, 4.69) is 10.3 Å². The normalized spacial score (nSPS) is 15.9. The zero-order chi connectivity index (χ0) is 22.1. The van der Waals surface area contributed by atoms with Crippen LogP contribution in [-0.2, 0) is 20.2 Å². The number of pyridine rings is 1. The first kappa shape index (κ1) is 22.6. The van der Waals surface area contributed by atoms with Crippen molar-refractivity contribution in [2.45, 2.75) is 36.7 Å². The van der Waals surface area contributed by atoms with Gasteiger partial charge in [0.05, 0.1) is 16.1 Å². The van der Waals surface area contributed by atoms with Crippen molar-refractivity contribution in [3.05, 3.63) is 57.2 Å². The molecule has 0 bridgehead atoms. The second-order valence-electron chi connectivity index (χ2n) is 6.98. The van der Waals surface area contributed by atoms with E-state index in [0.717, 1.165) is 6.26 Å². The first-order valence-electron chi connectivity index (χ1n) is 9.11. The molecule has 2 aromatic rings. The molecule has 1 aliphatic rings. The van der Waals surface area contributed by atoms with Gasteiger partial charge in [0.2, 0.25) is 11.8 Å². The highest BCUT2D eigenvalue weighted by Gasteiger charge is 2.44. The largest absolute Gasteiger partial charge is 0.432 e. The Morgan fingerprint density at radius 1 is 1.33 bits per heavy atom. The second-order valence-corrected chi connectivity index (χ2v) is 9.98. The van der Waals surface area contributed by atoms with Crippen molar-refractivity contribution >= 4 is 44.0 Å². The molecule has 1 amide bonds. The predicted octanol–water partition coefficient (Wildman–Crippen LogP) is 3.68. The molecule has 1 fully saturated rings. The summed E-state index contributed by atoms with van der Waals surface area (Å²) in [5.41, 5.74) is -0.405. The monoisotopic (exact) mass is 546 g/mol. The molecule has 2 N–H and O–H groups in total. The quantitative estimate of drug-likeness (QED) is 0.238. The van der Waals surface area contributed by atoms with E-state index >= 15 is 0 Å². The Balaban J connectivity index is 1.78. The number of benzene rings is 1. The SMILES string of the molecule is CC/C(C(=O)Nc1cccc(S(C)(=O)=O)c1)=C(\I)Oc1ccc(C2(O)CC2)c(F)n1. The molecule has 0 unspecified atom stereocenters. The van der Waals surface area contributed by atoms with Gasteiger partial charge in [-0.25, -0.2) is 8.42 Å². The van der Waals surface area contributed by atoms with Gasteiger partial charge in [-0.15, -0.1) is 0 Å². The molecule has 160 valence electrons. The number of aromatic nitrogens is 1. The van der Waals surface area contributed by atoms with Crippen LogP contribution in [0, 0.1) is 5.95 Å². The number of aliphatic hydroxyl groups is 1. The summed E-state index contributed by atoms with van der Waals surface area (Å²) in [5.74, 6) is -1.32. The molecular weight excluding hydrogens is 526 g/mol. The van der Waals surface area contributed by atoms with Gasteiger partial charge in [-0.3, -0.25) is 4.79 Å². The predicted molar refractivity (Wildman–Crippen MR) is 117 cm³/mol. The highest BCUT2D eigenvalue weighted by atomic mass is 127. The fraction of sp³-hybridized carbons (Fsp3) is 0.300. The Morgan fingerprint density at radius 3 is 2.60 bits per heavy atom. The fourth-order valence-corrected chi connectivity index (χ4v) is 4.28. The van der Waals surface area contributed by atoms with Gasteiger partial charge in [0.1, 0.15) is 0 Å². The van der Waals surface area contributed by atoms with Gasteiger partial charge in [-0.2, -0.15) is 9.37 Å². The Morgan fingerprint density at radius 2 is 2.03 bits per heavy atom. The van der Waals surface area contributed by atoms with Crippen LogP contribution in [0.25, 0.3) is 0 Å². The minimum atomic E-state index is -3.41. The summed E-state index contributed by atoms with van der Waals surface area (Å²) in [7, 11) is -3.41. The molecule has 0 aliphatic heterocycles. The molecule has 30 heavy (non-hydrogen) atoms.